The molecule has 6 nitrogen and oxygen atoms in total. The molecule has 32 heavy (non-hydrogen) atoms. The highest BCUT2D eigenvalue weighted by molar-refractivity contribution is 7.92. The lowest BCUT2D eigenvalue weighted by atomic mass is 10.0. The molecule has 1 N–H and O–H groups in total. The maximum atomic E-state index is 13.3. The zero-order chi connectivity index (χ0) is 22.7. The van der Waals surface area contributed by atoms with Gasteiger partial charge in [0.05, 0.1) is 10.6 Å². The topological polar surface area (TPSA) is 75.7 Å². The van der Waals surface area contributed by atoms with Gasteiger partial charge >= 0.3 is 0 Å². The van der Waals surface area contributed by atoms with Gasteiger partial charge in [0.1, 0.15) is 5.75 Å². The number of amides is 1. The van der Waals surface area contributed by atoms with E-state index in [2.05, 4.69) is 5.32 Å². The van der Waals surface area contributed by atoms with Crippen LogP contribution < -0.4 is 14.4 Å². The zero-order valence-corrected chi connectivity index (χ0v) is 19.0. The molecule has 3 aromatic rings. The van der Waals surface area contributed by atoms with Gasteiger partial charge in [-0.3, -0.25) is 9.10 Å². The van der Waals surface area contributed by atoms with Crippen molar-refractivity contribution in [2.45, 2.75) is 31.6 Å². The molecular weight excluding hydrogens is 424 g/mol. The van der Waals surface area contributed by atoms with Gasteiger partial charge in [0.15, 0.2) is 6.61 Å². The predicted octanol–water partition coefficient (Wildman–Crippen LogP) is 4.46. The van der Waals surface area contributed by atoms with Gasteiger partial charge in [-0.25, -0.2) is 8.42 Å². The van der Waals surface area contributed by atoms with Crippen LogP contribution in [0.1, 0.15) is 23.1 Å². The summed E-state index contributed by atoms with van der Waals surface area (Å²) >= 11 is 0. The van der Waals surface area contributed by atoms with Crippen molar-refractivity contribution in [3.63, 3.8) is 0 Å². The number of aryl methyl sites for hydroxylation is 3. The molecule has 0 saturated carbocycles. The number of rotatable bonds is 6. The number of carbonyl (C=O) groups excluding carboxylic acids is 1. The lowest BCUT2D eigenvalue weighted by Gasteiger charge is -2.31. The maximum absolute atomic E-state index is 13.3. The number of sulfonamides is 1. The Labute approximate surface area is 188 Å². The first-order valence-corrected chi connectivity index (χ1v) is 12.0. The summed E-state index contributed by atoms with van der Waals surface area (Å²) in [6, 6.07) is 19.7. The van der Waals surface area contributed by atoms with E-state index in [0.717, 1.165) is 29.5 Å². The van der Waals surface area contributed by atoms with E-state index >= 15 is 0 Å². The summed E-state index contributed by atoms with van der Waals surface area (Å²) in [4.78, 5) is 12.7. The Balaban J connectivity index is 1.52. The van der Waals surface area contributed by atoms with Gasteiger partial charge in [0, 0.05) is 12.2 Å². The number of fused-ring (bicyclic) bond motifs is 1. The van der Waals surface area contributed by atoms with E-state index in [1.807, 2.05) is 38.1 Å². The summed E-state index contributed by atoms with van der Waals surface area (Å²) in [5.41, 5.74) is 4.14. The van der Waals surface area contributed by atoms with Crippen molar-refractivity contribution in [2.75, 3.05) is 22.8 Å². The van der Waals surface area contributed by atoms with Crippen molar-refractivity contribution < 1.29 is 17.9 Å². The highest BCUT2D eigenvalue weighted by Gasteiger charge is 2.29. The zero-order valence-electron chi connectivity index (χ0n) is 18.2. The number of anilines is 2. The third-order valence-electron chi connectivity index (χ3n) is 5.41. The average Bonchev–Trinajstić information content (AvgIpc) is 2.77. The molecule has 1 aliphatic rings. The number of hydrogen-bond donors (Lipinski definition) is 1. The fourth-order valence-corrected chi connectivity index (χ4v) is 5.29. The third-order valence-corrected chi connectivity index (χ3v) is 7.24. The Kier molecular flexibility index (Phi) is 6.19. The number of ether oxygens (including phenoxy) is 1. The average molecular weight is 451 g/mol. The van der Waals surface area contributed by atoms with E-state index < -0.39 is 10.0 Å². The number of benzene rings is 3. The molecule has 0 spiro atoms. The Hall–Kier alpha value is -3.32. The number of nitrogens with one attached hydrogen (secondary N) is 1. The molecule has 0 fully saturated rings. The van der Waals surface area contributed by atoms with Crippen LogP contribution in [-0.4, -0.2) is 27.5 Å². The Morgan fingerprint density at radius 3 is 2.53 bits per heavy atom. The van der Waals surface area contributed by atoms with Crippen molar-refractivity contribution in [1.29, 1.82) is 0 Å². The lowest BCUT2D eigenvalue weighted by molar-refractivity contribution is -0.118. The predicted molar refractivity (Wildman–Crippen MR) is 126 cm³/mol. The second kappa shape index (κ2) is 9.04. The van der Waals surface area contributed by atoms with Crippen molar-refractivity contribution in [2.24, 2.45) is 0 Å². The van der Waals surface area contributed by atoms with E-state index in [0.29, 0.717) is 23.7 Å². The fourth-order valence-electron chi connectivity index (χ4n) is 3.76. The van der Waals surface area contributed by atoms with E-state index in [4.69, 9.17) is 4.74 Å². The van der Waals surface area contributed by atoms with Gasteiger partial charge < -0.3 is 10.1 Å². The molecule has 0 saturated heterocycles. The van der Waals surface area contributed by atoms with Crippen LogP contribution in [0.5, 0.6) is 5.75 Å². The summed E-state index contributed by atoms with van der Waals surface area (Å²) in [6.07, 6.45) is 1.54. The molecular formula is C25H26N2O4S. The van der Waals surface area contributed by atoms with Gasteiger partial charge in [-0.15, -0.1) is 0 Å². The fraction of sp³-hybridized carbons (Fsp3) is 0.240. The van der Waals surface area contributed by atoms with Crippen molar-refractivity contribution >= 4 is 27.3 Å². The van der Waals surface area contributed by atoms with Crippen molar-refractivity contribution in [3.8, 4) is 5.75 Å². The summed E-state index contributed by atoms with van der Waals surface area (Å²) in [5, 5.41) is 2.81. The summed E-state index contributed by atoms with van der Waals surface area (Å²) in [7, 11) is -3.69. The monoisotopic (exact) mass is 450 g/mol. The van der Waals surface area contributed by atoms with Gasteiger partial charge in [0.2, 0.25) is 0 Å². The van der Waals surface area contributed by atoms with Crippen LogP contribution in [0.25, 0.3) is 0 Å². The van der Waals surface area contributed by atoms with Gasteiger partial charge in [-0.1, -0.05) is 35.9 Å². The van der Waals surface area contributed by atoms with E-state index in [9.17, 15) is 13.2 Å². The molecule has 0 aromatic heterocycles. The molecule has 1 amide bonds. The molecule has 0 radical (unpaired) electrons. The molecule has 0 aliphatic carbocycles. The first-order chi connectivity index (χ1) is 15.3. The highest BCUT2D eigenvalue weighted by atomic mass is 32.2. The number of nitrogens with zero attached hydrogens (tertiary/aromatic N) is 1. The van der Waals surface area contributed by atoms with Crippen LogP contribution >= 0.6 is 0 Å². The van der Waals surface area contributed by atoms with Crippen LogP contribution in [0.4, 0.5) is 11.4 Å². The second-order valence-corrected chi connectivity index (χ2v) is 9.85. The first-order valence-electron chi connectivity index (χ1n) is 10.5. The van der Waals surface area contributed by atoms with Crippen LogP contribution in [-0.2, 0) is 21.2 Å². The van der Waals surface area contributed by atoms with Crippen LogP contribution in [0.2, 0.25) is 0 Å². The quantitative estimate of drug-likeness (QED) is 0.602. The molecule has 1 aliphatic heterocycles. The Morgan fingerprint density at radius 2 is 1.78 bits per heavy atom. The molecule has 4 rings (SSSR count). The van der Waals surface area contributed by atoms with Crippen molar-refractivity contribution in [1.82, 2.24) is 0 Å². The van der Waals surface area contributed by atoms with Crippen LogP contribution in [0, 0.1) is 13.8 Å². The van der Waals surface area contributed by atoms with Crippen LogP contribution in [0.3, 0.4) is 0 Å². The van der Waals surface area contributed by atoms with E-state index in [1.165, 1.54) is 4.31 Å². The Bertz CT molecular complexity index is 1240. The molecule has 7 heteroatoms. The van der Waals surface area contributed by atoms with E-state index in [1.54, 1.807) is 42.5 Å². The summed E-state index contributed by atoms with van der Waals surface area (Å²) in [6.45, 7) is 4.14. The smallest absolute Gasteiger partial charge is 0.264 e. The minimum absolute atomic E-state index is 0.133. The molecule has 166 valence electrons. The Morgan fingerprint density at radius 1 is 1.00 bits per heavy atom. The van der Waals surface area contributed by atoms with Gasteiger partial charge in [-0.05, 0) is 74.2 Å². The SMILES string of the molecule is Cc1ccc(S(=O)(=O)N2CCCc3ccc(NC(=O)COc4cccc(C)c4)cc32)cc1. The highest BCUT2D eigenvalue weighted by Crippen LogP contribution is 2.34. The molecule has 3 aromatic carbocycles. The minimum atomic E-state index is -3.69. The summed E-state index contributed by atoms with van der Waals surface area (Å²) < 4.78 is 33.6. The maximum Gasteiger partial charge on any atom is 0.264 e. The van der Waals surface area contributed by atoms with E-state index in [-0.39, 0.29) is 17.4 Å². The normalized spacial score (nSPS) is 13.4. The van der Waals surface area contributed by atoms with Gasteiger partial charge in [-0.2, -0.15) is 0 Å². The van der Waals surface area contributed by atoms with Crippen molar-refractivity contribution in [3.05, 3.63) is 83.4 Å². The van der Waals surface area contributed by atoms with Gasteiger partial charge in [0.25, 0.3) is 15.9 Å². The largest absolute Gasteiger partial charge is 0.484 e. The van der Waals surface area contributed by atoms with Crippen LogP contribution in [0.15, 0.2) is 71.6 Å². The summed E-state index contributed by atoms with van der Waals surface area (Å²) in [5.74, 6) is 0.316. The first kappa shape index (κ1) is 21.9. The second-order valence-electron chi connectivity index (χ2n) is 7.99. The third kappa shape index (κ3) is 4.78. The minimum Gasteiger partial charge on any atom is -0.484 e. The lowest BCUT2D eigenvalue weighted by Crippen LogP contribution is -2.35. The number of hydrogen-bond acceptors (Lipinski definition) is 4. The molecule has 0 atom stereocenters. The molecule has 1 heterocycles. The molecule has 0 bridgehead atoms. The standard InChI is InChI=1S/C25H26N2O4S/c1-18-8-12-23(13-9-18)32(29,30)27-14-4-6-20-10-11-21(16-24(20)27)26-25(28)17-31-22-7-3-5-19(2)15-22/h3,5,7-13,15-16H,4,6,14,17H2,1-2H3,(H,26,28). The number of carbonyl (C=O) groups is 1. The molecule has 0 unspecified atom stereocenters.